The molecule has 68 valence electrons. The molecule has 0 N–H and O–H groups in total. The van der Waals surface area contributed by atoms with Gasteiger partial charge in [-0.05, 0) is 49.6 Å². The van der Waals surface area contributed by atoms with Crippen molar-refractivity contribution in [3.63, 3.8) is 0 Å². The lowest BCUT2D eigenvalue weighted by Gasteiger charge is -2.04. The van der Waals surface area contributed by atoms with Crippen LogP contribution in [-0.2, 0) is 0 Å². The third kappa shape index (κ3) is 2.22. The molecule has 0 heterocycles. The average molecular weight is 191 g/mol. The van der Waals surface area contributed by atoms with Crippen LogP contribution in [0.5, 0.6) is 0 Å². The van der Waals surface area contributed by atoms with E-state index in [1.807, 2.05) is 20.8 Å². The van der Waals surface area contributed by atoms with Crippen molar-refractivity contribution in [1.82, 2.24) is 0 Å². The van der Waals surface area contributed by atoms with Crippen LogP contribution in [0.1, 0.15) is 23.6 Å². The summed E-state index contributed by atoms with van der Waals surface area (Å²) in [5.41, 5.74) is 4.49. The first-order valence-electron chi connectivity index (χ1n) is 4.24. The van der Waals surface area contributed by atoms with Gasteiger partial charge in [0, 0.05) is 11.6 Å². The van der Waals surface area contributed by atoms with E-state index in [1.165, 1.54) is 11.1 Å². The Morgan fingerprint density at radius 1 is 1.23 bits per heavy atom. The molecule has 0 aliphatic rings. The summed E-state index contributed by atoms with van der Waals surface area (Å²) in [5, 5.41) is 1.71. The summed E-state index contributed by atoms with van der Waals surface area (Å²) in [6.07, 6.45) is 1.80. The van der Waals surface area contributed by atoms with Crippen molar-refractivity contribution in [2.75, 3.05) is 0 Å². The first kappa shape index (κ1) is 10.1. The predicted octanol–water partition coefficient (Wildman–Crippen LogP) is 3.37. The first-order valence-corrected chi connectivity index (χ1v) is 4.71. The molecule has 1 nitrogen and oxygen atoms in total. The highest BCUT2D eigenvalue weighted by molar-refractivity contribution is 7.79. The molecule has 13 heavy (non-hydrogen) atoms. The Kier molecular flexibility index (Phi) is 3.32. The molecule has 0 bridgehead atoms. The number of aryl methyl sites for hydroxylation is 2. The highest BCUT2D eigenvalue weighted by atomic mass is 32.1. The molecule has 0 amide bonds. The minimum absolute atomic E-state index is 1.03. The zero-order valence-corrected chi connectivity index (χ0v) is 8.98. The summed E-state index contributed by atoms with van der Waals surface area (Å²) in [6.45, 7) is 6.01. The Bertz CT molecular complexity index is 353. The molecule has 1 aromatic rings. The Hall–Kier alpha value is -1.02. The number of nitrogens with zero attached hydrogens (tertiary/aromatic N) is 1. The van der Waals surface area contributed by atoms with Gasteiger partial charge in [-0.2, -0.15) is 0 Å². The molecule has 0 unspecified atom stereocenters. The van der Waals surface area contributed by atoms with Crippen LogP contribution < -0.4 is 0 Å². The van der Waals surface area contributed by atoms with Crippen LogP contribution >= 0.6 is 12.2 Å². The van der Waals surface area contributed by atoms with Crippen LogP contribution in [0.15, 0.2) is 17.1 Å². The van der Waals surface area contributed by atoms with Gasteiger partial charge in [-0.25, -0.2) is 0 Å². The Labute approximate surface area is 84.5 Å². The molecule has 0 aliphatic carbocycles. The second-order valence-electron chi connectivity index (χ2n) is 3.00. The van der Waals surface area contributed by atoms with Crippen LogP contribution in [0.25, 0.3) is 0 Å². The highest BCUT2D eigenvalue weighted by Crippen LogP contribution is 2.22. The SMILES string of the molecule is CC=Nc1cc(C)c(C=S)cc1C. The van der Waals surface area contributed by atoms with E-state index >= 15 is 0 Å². The van der Waals surface area contributed by atoms with Crippen LogP contribution in [0.2, 0.25) is 0 Å². The number of hydrogen-bond acceptors (Lipinski definition) is 2. The van der Waals surface area contributed by atoms with E-state index in [9.17, 15) is 0 Å². The molecular formula is C11H13NS. The van der Waals surface area contributed by atoms with Crippen LogP contribution in [0.4, 0.5) is 5.69 Å². The Balaban J connectivity index is 3.27. The zero-order valence-electron chi connectivity index (χ0n) is 8.16. The fourth-order valence-electron chi connectivity index (χ4n) is 1.23. The van der Waals surface area contributed by atoms with E-state index in [-0.39, 0.29) is 0 Å². The molecule has 0 radical (unpaired) electrons. The van der Waals surface area contributed by atoms with Crippen LogP contribution in [0, 0.1) is 13.8 Å². The van der Waals surface area contributed by atoms with Gasteiger partial charge in [-0.15, -0.1) is 0 Å². The van der Waals surface area contributed by atoms with Crippen LogP contribution in [0.3, 0.4) is 0 Å². The van der Waals surface area contributed by atoms with E-state index in [1.54, 1.807) is 11.6 Å². The number of aliphatic imine (C=N–C) groups is 1. The zero-order chi connectivity index (χ0) is 9.84. The van der Waals surface area contributed by atoms with Crippen molar-refractivity contribution < 1.29 is 0 Å². The molecule has 0 spiro atoms. The van der Waals surface area contributed by atoms with Gasteiger partial charge in [0.25, 0.3) is 0 Å². The quantitative estimate of drug-likeness (QED) is 0.515. The van der Waals surface area contributed by atoms with Crippen molar-refractivity contribution in [3.8, 4) is 0 Å². The molecule has 1 rings (SSSR count). The van der Waals surface area contributed by atoms with Gasteiger partial charge in [-0.3, -0.25) is 4.99 Å². The van der Waals surface area contributed by atoms with Gasteiger partial charge in [0.1, 0.15) is 0 Å². The topological polar surface area (TPSA) is 12.4 Å². The minimum atomic E-state index is 1.03. The van der Waals surface area contributed by atoms with E-state index in [4.69, 9.17) is 12.2 Å². The average Bonchev–Trinajstić information content (AvgIpc) is 2.11. The van der Waals surface area contributed by atoms with Gasteiger partial charge in [-0.1, -0.05) is 12.2 Å². The normalized spacial score (nSPS) is 10.7. The molecule has 2 heteroatoms. The predicted molar refractivity (Wildman–Crippen MR) is 62.5 cm³/mol. The molecule has 0 aromatic heterocycles. The summed E-state index contributed by atoms with van der Waals surface area (Å²) in [6, 6.07) is 4.14. The molecule has 0 aliphatic heterocycles. The standard InChI is InChI=1S/C11H13NS/c1-4-12-11-6-8(2)10(7-13)5-9(11)3/h4-7H,1-3H3. The summed E-state index contributed by atoms with van der Waals surface area (Å²) in [5.74, 6) is 0. The minimum Gasteiger partial charge on any atom is -0.261 e. The second-order valence-corrected chi connectivity index (χ2v) is 3.24. The molecule has 0 saturated heterocycles. The maximum absolute atomic E-state index is 4.91. The molecule has 0 saturated carbocycles. The smallest absolute Gasteiger partial charge is 0.0657 e. The van der Waals surface area contributed by atoms with Crippen molar-refractivity contribution in [1.29, 1.82) is 0 Å². The van der Waals surface area contributed by atoms with Crippen molar-refractivity contribution in [2.45, 2.75) is 20.8 Å². The van der Waals surface area contributed by atoms with Crippen molar-refractivity contribution in [2.24, 2.45) is 4.99 Å². The van der Waals surface area contributed by atoms with Gasteiger partial charge in [0.15, 0.2) is 0 Å². The first-order chi connectivity index (χ1) is 6.19. The van der Waals surface area contributed by atoms with Gasteiger partial charge in [0.2, 0.25) is 0 Å². The summed E-state index contributed by atoms with van der Waals surface area (Å²) in [4.78, 5) is 4.27. The summed E-state index contributed by atoms with van der Waals surface area (Å²) in [7, 11) is 0. The summed E-state index contributed by atoms with van der Waals surface area (Å²) < 4.78 is 0. The number of thiocarbonyl (C=S) groups is 1. The van der Waals surface area contributed by atoms with E-state index in [2.05, 4.69) is 17.1 Å². The second kappa shape index (κ2) is 4.28. The van der Waals surface area contributed by atoms with Gasteiger partial charge < -0.3 is 0 Å². The van der Waals surface area contributed by atoms with Gasteiger partial charge in [0.05, 0.1) is 5.69 Å². The van der Waals surface area contributed by atoms with E-state index < -0.39 is 0 Å². The summed E-state index contributed by atoms with van der Waals surface area (Å²) >= 11 is 4.91. The lowest BCUT2D eigenvalue weighted by Crippen LogP contribution is -1.87. The van der Waals surface area contributed by atoms with Gasteiger partial charge >= 0.3 is 0 Å². The fraction of sp³-hybridized carbons (Fsp3) is 0.273. The number of rotatable bonds is 2. The maximum Gasteiger partial charge on any atom is 0.0657 e. The molecule has 0 fully saturated rings. The Morgan fingerprint density at radius 3 is 2.46 bits per heavy atom. The maximum atomic E-state index is 4.91. The largest absolute Gasteiger partial charge is 0.261 e. The third-order valence-corrected chi connectivity index (χ3v) is 2.23. The fourth-order valence-corrected chi connectivity index (χ4v) is 1.48. The molecule has 0 atom stereocenters. The van der Waals surface area contributed by atoms with Crippen molar-refractivity contribution >= 4 is 29.5 Å². The molecular weight excluding hydrogens is 178 g/mol. The number of hydrogen-bond donors (Lipinski definition) is 0. The third-order valence-electron chi connectivity index (χ3n) is 1.98. The number of benzene rings is 1. The van der Waals surface area contributed by atoms with Crippen molar-refractivity contribution in [3.05, 3.63) is 28.8 Å². The monoisotopic (exact) mass is 191 g/mol. The van der Waals surface area contributed by atoms with E-state index in [0.29, 0.717) is 0 Å². The van der Waals surface area contributed by atoms with E-state index in [0.717, 1.165) is 11.3 Å². The highest BCUT2D eigenvalue weighted by Gasteiger charge is 2.00. The Morgan fingerprint density at radius 2 is 1.92 bits per heavy atom. The van der Waals surface area contributed by atoms with Crippen LogP contribution in [-0.4, -0.2) is 11.6 Å². The lowest BCUT2D eigenvalue weighted by atomic mass is 10.1. The lowest BCUT2D eigenvalue weighted by molar-refractivity contribution is 1.35. The molecule has 1 aromatic carbocycles.